The minimum atomic E-state index is -1.18. The van der Waals surface area contributed by atoms with Crippen LogP contribution in [0.5, 0.6) is 5.75 Å². The molecule has 2 aliphatic heterocycles. The summed E-state index contributed by atoms with van der Waals surface area (Å²) in [6, 6.07) is 7.46. The fourth-order valence-corrected chi connectivity index (χ4v) is 4.83. The van der Waals surface area contributed by atoms with Crippen molar-refractivity contribution in [2.75, 3.05) is 40.8 Å². The van der Waals surface area contributed by atoms with E-state index in [1.807, 2.05) is 42.1 Å². The summed E-state index contributed by atoms with van der Waals surface area (Å²) in [5.41, 5.74) is -0.499. The highest BCUT2D eigenvalue weighted by molar-refractivity contribution is 6.10. The summed E-state index contributed by atoms with van der Waals surface area (Å²) in [4.78, 5) is 45.3. The molecule has 3 rings (SSSR count). The molecule has 0 aromatic heterocycles. The maximum Gasteiger partial charge on any atom is 0.240 e. The summed E-state index contributed by atoms with van der Waals surface area (Å²) in [5.74, 6) is 0.0878. The number of hydrogen-bond acceptors (Lipinski definition) is 5. The lowest BCUT2D eigenvalue weighted by atomic mass is 9.75. The number of methoxy groups -OCH3 is 1. The molecule has 0 N–H and O–H groups in total. The van der Waals surface area contributed by atoms with Crippen LogP contribution in [0.1, 0.15) is 51.0 Å². The first-order chi connectivity index (χ1) is 14.8. The van der Waals surface area contributed by atoms with E-state index >= 15 is 0 Å². The van der Waals surface area contributed by atoms with Crippen molar-refractivity contribution >= 4 is 17.7 Å². The predicted octanol–water partition coefficient (Wildman–Crippen LogP) is 2.43. The Morgan fingerprint density at radius 1 is 1.26 bits per heavy atom. The molecule has 2 heterocycles. The fraction of sp³-hybridized carbons (Fsp3) is 0.625. The number of likely N-dealkylation sites (N-methyl/N-ethyl adjacent to an activating group) is 1. The summed E-state index contributed by atoms with van der Waals surface area (Å²) in [6.45, 7) is 3.73. The smallest absolute Gasteiger partial charge is 0.240 e. The second-order valence-corrected chi connectivity index (χ2v) is 8.97. The molecule has 0 saturated carbocycles. The first-order valence-electron chi connectivity index (χ1n) is 11.3. The van der Waals surface area contributed by atoms with Gasteiger partial charge >= 0.3 is 0 Å². The zero-order chi connectivity index (χ0) is 22.6. The van der Waals surface area contributed by atoms with Crippen LogP contribution in [-0.2, 0) is 19.8 Å². The van der Waals surface area contributed by atoms with E-state index in [-0.39, 0.29) is 36.6 Å². The van der Waals surface area contributed by atoms with Gasteiger partial charge in [0.2, 0.25) is 17.7 Å². The number of rotatable bonds is 8. The van der Waals surface area contributed by atoms with Crippen molar-refractivity contribution in [1.29, 1.82) is 0 Å². The van der Waals surface area contributed by atoms with Crippen LogP contribution in [0, 0.1) is 0 Å². The molecule has 0 bridgehead atoms. The number of ether oxygens (including phenoxy) is 1. The van der Waals surface area contributed by atoms with Gasteiger partial charge in [0, 0.05) is 38.5 Å². The highest BCUT2D eigenvalue weighted by Crippen LogP contribution is 2.42. The number of nitrogens with zero attached hydrogens (tertiary/aromatic N) is 3. The Bertz CT molecular complexity index is 825. The van der Waals surface area contributed by atoms with E-state index < -0.39 is 5.41 Å². The lowest BCUT2D eigenvalue weighted by Gasteiger charge is -2.37. The molecular formula is C24H35N3O4. The van der Waals surface area contributed by atoms with Crippen LogP contribution in [0.25, 0.3) is 0 Å². The van der Waals surface area contributed by atoms with E-state index in [9.17, 15) is 14.4 Å². The topological polar surface area (TPSA) is 70.2 Å². The highest BCUT2D eigenvalue weighted by Gasteiger charge is 2.54. The van der Waals surface area contributed by atoms with Crippen LogP contribution in [-0.4, -0.2) is 79.3 Å². The number of carbonyl (C=O) groups excluding carboxylic acids is 3. The first kappa shape index (κ1) is 23.3. The fourth-order valence-electron chi connectivity index (χ4n) is 4.83. The van der Waals surface area contributed by atoms with Gasteiger partial charge in [-0.3, -0.25) is 19.3 Å². The zero-order valence-corrected chi connectivity index (χ0v) is 19.2. The van der Waals surface area contributed by atoms with E-state index in [1.165, 1.54) is 4.90 Å². The van der Waals surface area contributed by atoms with Crippen molar-refractivity contribution in [3.05, 3.63) is 29.8 Å². The largest absolute Gasteiger partial charge is 0.497 e. The molecule has 2 atom stereocenters. The van der Waals surface area contributed by atoms with Gasteiger partial charge in [0.25, 0.3) is 0 Å². The van der Waals surface area contributed by atoms with Crippen LogP contribution in [0.4, 0.5) is 0 Å². The summed E-state index contributed by atoms with van der Waals surface area (Å²) < 4.78 is 5.37. The molecule has 3 amide bonds. The Kier molecular flexibility index (Phi) is 7.36. The molecule has 7 heteroatoms. The molecule has 1 aromatic rings. The number of likely N-dealkylation sites (tertiary alicyclic amines) is 2. The van der Waals surface area contributed by atoms with Gasteiger partial charge < -0.3 is 14.5 Å². The molecule has 0 spiro atoms. The number of piperidine rings is 1. The normalized spacial score (nSPS) is 24.2. The second kappa shape index (κ2) is 9.81. The van der Waals surface area contributed by atoms with Crippen molar-refractivity contribution in [2.24, 2.45) is 0 Å². The van der Waals surface area contributed by atoms with E-state index in [4.69, 9.17) is 4.74 Å². The third-order valence-electron chi connectivity index (χ3n) is 6.67. The van der Waals surface area contributed by atoms with Gasteiger partial charge in [0.05, 0.1) is 12.5 Å². The molecule has 7 nitrogen and oxygen atoms in total. The number of carbonyl (C=O) groups is 3. The maximum atomic E-state index is 13.7. The number of amides is 3. The average molecular weight is 430 g/mol. The number of benzene rings is 1. The van der Waals surface area contributed by atoms with Crippen molar-refractivity contribution in [3.8, 4) is 5.75 Å². The van der Waals surface area contributed by atoms with E-state index in [0.29, 0.717) is 24.4 Å². The SMILES string of the molecule is CCC1CCCCN1C(=O)CC1(c2cccc(OC)c2)CC(=O)N(CCN(C)C)C1=O. The van der Waals surface area contributed by atoms with Crippen LogP contribution in [0.2, 0.25) is 0 Å². The van der Waals surface area contributed by atoms with E-state index in [0.717, 1.165) is 32.2 Å². The van der Waals surface area contributed by atoms with Gasteiger partial charge in [0.15, 0.2) is 0 Å². The molecule has 2 aliphatic rings. The monoisotopic (exact) mass is 429 g/mol. The molecule has 0 aliphatic carbocycles. The molecule has 170 valence electrons. The van der Waals surface area contributed by atoms with Crippen molar-refractivity contribution < 1.29 is 19.1 Å². The van der Waals surface area contributed by atoms with E-state index in [2.05, 4.69) is 6.92 Å². The number of imide groups is 1. The van der Waals surface area contributed by atoms with E-state index in [1.54, 1.807) is 13.2 Å². The van der Waals surface area contributed by atoms with Gasteiger partial charge in [-0.2, -0.15) is 0 Å². The summed E-state index contributed by atoms with van der Waals surface area (Å²) in [7, 11) is 5.39. The van der Waals surface area contributed by atoms with Crippen molar-refractivity contribution in [1.82, 2.24) is 14.7 Å². The highest BCUT2D eigenvalue weighted by atomic mass is 16.5. The summed E-state index contributed by atoms with van der Waals surface area (Å²) in [6.07, 6.45) is 4.04. The molecule has 2 fully saturated rings. The van der Waals surface area contributed by atoms with Crippen LogP contribution in [0.3, 0.4) is 0 Å². The minimum Gasteiger partial charge on any atom is -0.497 e. The molecule has 2 saturated heterocycles. The Balaban J connectivity index is 1.96. The van der Waals surface area contributed by atoms with Gasteiger partial charge in [-0.15, -0.1) is 0 Å². The van der Waals surface area contributed by atoms with Gasteiger partial charge in [-0.25, -0.2) is 0 Å². The molecule has 2 unspecified atom stereocenters. The second-order valence-electron chi connectivity index (χ2n) is 8.97. The lowest BCUT2D eigenvalue weighted by molar-refractivity contribution is -0.144. The van der Waals surface area contributed by atoms with Gasteiger partial charge in [-0.05, 0) is 57.5 Å². The Morgan fingerprint density at radius 2 is 2.03 bits per heavy atom. The molecule has 31 heavy (non-hydrogen) atoms. The molecule has 1 aromatic carbocycles. The molecule has 0 radical (unpaired) electrons. The van der Waals surface area contributed by atoms with Gasteiger partial charge in [0.1, 0.15) is 5.75 Å². The summed E-state index contributed by atoms with van der Waals surface area (Å²) >= 11 is 0. The van der Waals surface area contributed by atoms with Crippen molar-refractivity contribution in [2.45, 2.75) is 56.9 Å². The van der Waals surface area contributed by atoms with Crippen LogP contribution < -0.4 is 4.74 Å². The van der Waals surface area contributed by atoms with Crippen molar-refractivity contribution in [3.63, 3.8) is 0 Å². The Morgan fingerprint density at radius 3 is 2.71 bits per heavy atom. The Labute approximate surface area is 185 Å². The third kappa shape index (κ3) is 4.76. The van der Waals surface area contributed by atoms with Crippen LogP contribution in [0.15, 0.2) is 24.3 Å². The number of hydrogen-bond donors (Lipinski definition) is 0. The van der Waals surface area contributed by atoms with Gasteiger partial charge in [-0.1, -0.05) is 19.1 Å². The summed E-state index contributed by atoms with van der Waals surface area (Å²) in [5, 5.41) is 0. The third-order valence-corrected chi connectivity index (χ3v) is 6.67. The minimum absolute atomic E-state index is 0.0136. The maximum absolute atomic E-state index is 13.7. The quantitative estimate of drug-likeness (QED) is 0.594. The zero-order valence-electron chi connectivity index (χ0n) is 19.2. The predicted molar refractivity (Wildman–Crippen MR) is 119 cm³/mol. The standard InChI is InChI=1S/C24H35N3O4/c1-5-19-10-6-7-12-26(19)21(28)16-24(18-9-8-11-20(15-18)31-4)17-22(29)27(23(24)30)14-13-25(2)3/h8-9,11,15,19H,5-7,10,12-14,16-17H2,1-4H3. The lowest BCUT2D eigenvalue weighted by Crippen LogP contribution is -2.48. The Hall–Kier alpha value is -2.41. The molecular weight excluding hydrogens is 394 g/mol. The first-order valence-corrected chi connectivity index (χ1v) is 11.3. The van der Waals surface area contributed by atoms with Crippen LogP contribution >= 0.6 is 0 Å². The average Bonchev–Trinajstić information content (AvgIpc) is 3.01.